The summed E-state index contributed by atoms with van der Waals surface area (Å²) in [6, 6.07) is 9.60. The van der Waals surface area contributed by atoms with E-state index in [1.165, 1.54) is 0 Å². The van der Waals surface area contributed by atoms with Crippen molar-refractivity contribution in [2.75, 3.05) is 6.61 Å². The number of hydrogen-bond acceptors (Lipinski definition) is 4. The van der Waals surface area contributed by atoms with Crippen molar-refractivity contribution in [3.63, 3.8) is 0 Å². The molecule has 1 unspecified atom stereocenters. The van der Waals surface area contributed by atoms with E-state index in [2.05, 4.69) is 15.0 Å². The van der Waals surface area contributed by atoms with E-state index in [4.69, 9.17) is 9.47 Å². The molecule has 1 aliphatic heterocycles. The highest BCUT2D eigenvalue weighted by Crippen LogP contribution is 2.35. The molecule has 1 N–H and O–H groups in total. The third kappa shape index (κ3) is 1.71. The first-order valence-corrected chi connectivity index (χ1v) is 6.51. The monoisotopic (exact) mass is 267 g/mol. The summed E-state index contributed by atoms with van der Waals surface area (Å²) in [4.78, 5) is 12.0. The largest absolute Gasteiger partial charge is 0.485 e. The van der Waals surface area contributed by atoms with Gasteiger partial charge in [-0.3, -0.25) is 0 Å². The molecule has 0 saturated heterocycles. The molecule has 0 aliphatic carbocycles. The molecule has 1 aromatic carbocycles. The highest BCUT2D eigenvalue weighted by atomic mass is 16.6. The van der Waals surface area contributed by atoms with E-state index >= 15 is 0 Å². The minimum Gasteiger partial charge on any atom is -0.485 e. The zero-order valence-corrected chi connectivity index (χ0v) is 11.0. The van der Waals surface area contributed by atoms with Crippen LogP contribution in [-0.4, -0.2) is 21.6 Å². The second kappa shape index (κ2) is 4.23. The van der Waals surface area contributed by atoms with Gasteiger partial charge in [-0.2, -0.15) is 0 Å². The molecule has 0 spiro atoms. The Morgan fingerprint density at radius 2 is 2.05 bits per heavy atom. The van der Waals surface area contributed by atoms with Crippen LogP contribution in [0.3, 0.4) is 0 Å². The minimum absolute atomic E-state index is 0.238. The maximum atomic E-state index is 5.94. The summed E-state index contributed by atoms with van der Waals surface area (Å²) in [6.07, 6.45) is 1.52. The maximum Gasteiger partial charge on any atom is 0.190 e. The number of aromatic amines is 1. The molecule has 1 aliphatic rings. The number of para-hydroxylation sites is 2. The summed E-state index contributed by atoms with van der Waals surface area (Å²) in [6.45, 7) is 2.47. The number of rotatable bonds is 1. The number of fused-ring (bicyclic) bond motifs is 2. The molecular formula is C15H13N3O2. The predicted octanol–water partition coefficient (Wildman–Crippen LogP) is 2.78. The van der Waals surface area contributed by atoms with E-state index in [0.717, 1.165) is 28.4 Å². The van der Waals surface area contributed by atoms with Crippen molar-refractivity contribution in [2.24, 2.45) is 0 Å². The standard InChI is InChI=1S/C15H13N3O2/c1-9-6-7-16-15-13(9)17-14(18-15)12-8-19-10-4-2-3-5-11(10)20-12/h2-7,12H,8H2,1H3,(H,16,17,18). The molecule has 2 aromatic heterocycles. The first-order valence-electron chi connectivity index (χ1n) is 6.51. The summed E-state index contributed by atoms with van der Waals surface area (Å²) in [5.74, 6) is 2.26. The molecule has 20 heavy (non-hydrogen) atoms. The lowest BCUT2D eigenvalue weighted by Crippen LogP contribution is -2.22. The summed E-state index contributed by atoms with van der Waals surface area (Å²) in [5.41, 5.74) is 2.78. The number of ether oxygens (including phenoxy) is 2. The number of hydrogen-bond donors (Lipinski definition) is 1. The van der Waals surface area contributed by atoms with Crippen molar-refractivity contribution < 1.29 is 9.47 Å². The molecule has 0 saturated carbocycles. The van der Waals surface area contributed by atoms with Crippen LogP contribution in [0.1, 0.15) is 17.5 Å². The fraction of sp³-hybridized carbons (Fsp3) is 0.200. The first kappa shape index (κ1) is 11.3. The van der Waals surface area contributed by atoms with E-state index in [0.29, 0.717) is 12.3 Å². The minimum atomic E-state index is -0.238. The van der Waals surface area contributed by atoms with E-state index in [1.807, 2.05) is 37.3 Å². The summed E-state index contributed by atoms with van der Waals surface area (Å²) in [7, 11) is 0. The first-order chi connectivity index (χ1) is 9.81. The third-order valence-electron chi connectivity index (χ3n) is 3.43. The van der Waals surface area contributed by atoms with Crippen molar-refractivity contribution in [1.29, 1.82) is 0 Å². The Morgan fingerprint density at radius 3 is 2.90 bits per heavy atom. The van der Waals surface area contributed by atoms with Crippen LogP contribution in [-0.2, 0) is 0 Å². The molecule has 0 bridgehead atoms. The number of benzene rings is 1. The van der Waals surface area contributed by atoms with Gasteiger partial charge in [0.1, 0.15) is 6.61 Å². The number of pyridine rings is 1. The molecule has 5 nitrogen and oxygen atoms in total. The fourth-order valence-electron chi connectivity index (χ4n) is 2.36. The van der Waals surface area contributed by atoms with Crippen LogP contribution >= 0.6 is 0 Å². The number of nitrogens with zero attached hydrogens (tertiary/aromatic N) is 2. The van der Waals surface area contributed by atoms with Gasteiger partial charge < -0.3 is 14.5 Å². The highest BCUT2D eigenvalue weighted by Gasteiger charge is 2.25. The molecule has 100 valence electrons. The number of aromatic nitrogens is 3. The Labute approximate surface area is 115 Å². The topological polar surface area (TPSA) is 60.0 Å². The second-order valence-electron chi connectivity index (χ2n) is 4.81. The molecular weight excluding hydrogens is 254 g/mol. The summed E-state index contributed by atoms with van der Waals surface area (Å²) >= 11 is 0. The van der Waals surface area contributed by atoms with Gasteiger partial charge in [-0.15, -0.1) is 0 Å². The summed E-state index contributed by atoms with van der Waals surface area (Å²) < 4.78 is 11.7. The van der Waals surface area contributed by atoms with E-state index < -0.39 is 0 Å². The average molecular weight is 267 g/mol. The Bertz CT molecular complexity index is 782. The Morgan fingerprint density at radius 1 is 1.20 bits per heavy atom. The number of nitrogens with one attached hydrogen (secondary N) is 1. The fourth-order valence-corrected chi connectivity index (χ4v) is 2.36. The molecule has 0 amide bonds. The molecule has 3 heterocycles. The van der Waals surface area contributed by atoms with Gasteiger partial charge in [0.2, 0.25) is 0 Å². The van der Waals surface area contributed by atoms with Crippen molar-refractivity contribution in [3.05, 3.63) is 47.9 Å². The lowest BCUT2D eigenvalue weighted by molar-refractivity contribution is 0.0859. The predicted molar refractivity (Wildman–Crippen MR) is 73.9 cm³/mol. The van der Waals surface area contributed by atoms with Crippen LogP contribution < -0.4 is 9.47 Å². The molecule has 0 fully saturated rings. The molecule has 4 rings (SSSR count). The van der Waals surface area contributed by atoms with Gasteiger partial charge in [-0.05, 0) is 30.7 Å². The van der Waals surface area contributed by atoms with Gasteiger partial charge in [-0.25, -0.2) is 9.97 Å². The Balaban J connectivity index is 1.72. The quantitative estimate of drug-likeness (QED) is 0.736. The van der Waals surface area contributed by atoms with Gasteiger partial charge in [0.15, 0.2) is 29.1 Å². The molecule has 5 heteroatoms. The summed E-state index contributed by atoms with van der Waals surface area (Å²) in [5, 5.41) is 0. The normalized spacial score (nSPS) is 17.4. The number of aryl methyl sites for hydroxylation is 1. The van der Waals surface area contributed by atoms with E-state index in [1.54, 1.807) is 6.20 Å². The number of H-pyrrole nitrogens is 1. The average Bonchev–Trinajstić information content (AvgIpc) is 2.92. The van der Waals surface area contributed by atoms with Crippen LogP contribution in [0.25, 0.3) is 11.2 Å². The van der Waals surface area contributed by atoms with Crippen molar-refractivity contribution >= 4 is 11.2 Å². The lowest BCUT2D eigenvalue weighted by Gasteiger charge is -2.24. The maximum absolute atomic E-state index is 5.94. The Kier molecular flexibility index (Phi) is 2.39. The van der Waals surface area contributed by atoms with Crippen LogP contribution in [0.5, 0.6) is 11.5 Å². The SMILES string of the molecule is Cc1ccnc2nc(C3COc4ccccc4O3)[nH]c12. The zero-order chi connectivity index (χ0) is 13.5. The van der Waals surface area contributed by atoms with Crippen molar-refractivity contribution in [2.45, 2.75) is 13.0 Å². The molecule has 0 radical (unpaired) electrons. The Hall–Kier alpha value is -2.56. The van der Waals surface area contributed by atoms with Crippen LogP contribution in [0.2, 0.25) is 0 Å². The van der Waals surface area contributed by atoms with Crippen LogP contribution in [0.4, 0.5) is 0 Å². The lowest BCUT2D eigenvalue weighted by atomic mass is 10.2. The smallest absolute Gasteiger partial charge is 0.190 e. The zero-order valence-electron chi connectivity index (χ0n) is 11.0. The van der Waals surface area contributed by atoms with Gasteiger partial charge in [0.05, 0.1) is 5.52 Å². The van der Waals surface area contributed by atoms with Crippen molar-refractivity contribution in [3.8, 4) is 11.5 Å². The highest BCUT2D eigenvalue weighted by molar-refractivity contribution is 5.74. The van der Waals surface area contributed by atoms with Gasteiger partial charge in [0.25, 0.3) is 0 Å². The second-order valence-corrected chi connectivity index (χ2v) is 4.81. The van der Waals surface area contributed by atoms with Gasteiger partial charge in [0, 0.05) is 6.20 Å². The van der Waals surface area contributed by atoms with Crippen LogP contribution in [0.15, 0.2) is 36.5 Å². The van der Waals surface area contributed by atoms with Crippen molar-refractivity contribution in [1.82, 2.24) is 15.0 Å². The van der Waals surface area contributed by atoms with Gasteiger partial charge >= 0.3 is 0 Å². The van der Waals surface area contributed by atoms with Gasteiger partial charge in [-0.1, -0.05) is 12.1 Å². The van der Waals surface area contributed by atoms with E-state index in [9.17, 15) is 0 Å². The number of imidazole rings is 1. The van der Waals surface area contributed by atoms with E-state index in [-0.39, 0.29) is 6.10 Å². The third-order valence-corrected chi connectivity index (χ3v) is 3.43. The molecule has 1 atom stereocenters. The van der Waals surface area contributed by atoms with Crippen LogP contribution in [0, 0.1) is 6.92 Å². The molecule has 3 aromatic rings.